The van der Waals surface area contributed by atoms with E-state index in [4.69, 9.17) is 5.11 Å². The molecule has 4 nitrogen and oxygen atoms in total. The minimum absolute atomic E-state index is 0.117. The molecular formula is C15H11FO4. The maximum atomic E-state index is 13.2. The second kappa shape index (κ2) is 5.52. The third-order valence-electron chi connectivity index (χ3n) is 2.78. The summed E-state index contributed by atoms with van der Waals surface area (Å²) < 4.78 is 17.8. The largest absolute Gasteiger partial charge is 0.505 e. The van der Waals surface area contributed by atoms with Gasteiger partial charge in [-0.25, -0.2) is 9.18 Å². The maximum absolute atomic E-state index is 13.2. The number of hydrogen-bond acceptors (Lipinski definition) is 4. The smallest absolute Gasteiger partial charge is 0.337 e. The summed E-state index contributed by atoms with van der Waals surface area (Å²) in [6, 6.07) is 9.23. The standard InChI is InChI=1S/C15H11FO4/c1-20-15(19)10-4-2-9(3-5-10)14(18)11-6-7-13(17)12(16)8-11/h2-8,17H,1H3. The van der Waals surface area contributed by atoms with E-state index in [2.05, 4.69) is 4.74 Å². The van der Waals surface area contributed by atoms with Crippen molar-refractivity contribution in [3.63, 3.8) is 0 Å². The fourth-order valence-electron chi connectivity index (χ4n) is 1.69. The highest BCUT2D eigenvalue weighted by Gasteiger charge is 2.13. The SMILES string of the molecule is COC(=O)c1ccc(C(=O)c2ccc(O)c(F)c2)cc1. The Hall–Kier alpha value is -2.69. The van der Waals surface area contributed by atoms with Crippen molar-refractivity contribution in [2.45, 2.75) is 0 Å². The van der Waals surface area contributed by atoms with E-state index in [-0.39, 0.29) is 5.56 Å². The Morgan fingerprint density at radius 2 is 1.55 bits per heavy atom. The molecule has 0 heterocycles. The summed E-state index contributed by atoms with van der Waals surface area (Å²) in [5, 5.41) is 9.08. The normalized spacial score (nSPS) is 10.1. The number of esters is 1. The molecule has 1 N–H and O–H groups in total. The highest BCUT2D eigenvalue weighted by Crippen LogP contribution is 2.19. The number of methoxy groups -OCH3 is 1. The van der Waals surface area contributed by atoms with Crippen molar-refractivity contribution in [3.05, 3.63) is 65.0 Å². The van der Waals surface area contributed by atoms with Gasteiger partial charge in [0.15, 0.2) is 17.3 Å². The van der Waals surface area contributed by atoms with Crippen LogP contribution in [0.3, 0.4) is 0 Å². The minimum atomic E-state index is -0.859. The van der Waals surface area contributed by atoms with Gasteiger partial charge in [-0.05, 0) is 30.3 Å². The van der Waals surface area contributed by atoms with Crippen molar-refractivity contribution < 1.29 is 23.8 Å². The van der Waals surface area contributed by atoms with Gasteiger partial charge in [0, 0.05) is 11.1 Å². The number of carbonyl (C=O) groups is 2. The summed E-state index contributed by atoms with van der Waals surface area (Å²) in [4.78, 5) is 23.4. The van der Waals surface area contributed by atoms with Gasteiger partial charge >= 0.3 is 5.97 Å². The van der Waals surface area contributed by atoms with E-state index >= 15 is 0 Å². The number of phenolic OH excluding ortho intramolecular Hbond substituents is 1. The average Bonchev–Trinajstić information content (AvgIpc) is 2.48. The summed E-state index contributed by atoms with van der Waals surface area (Å²) in [6.07, 6.45) is 0. The number of ketones is 1. The third kappa shape index (κ3) is 2.66. The van der Waals surface area contributed by atoms with E-state index in [0.717, 1.165) is 12.1 Å². The quantitative estimate of drug-likeness (QED) is 0.690. The van der Waals surface area contributed by atoms with Gasteiger partial charge in [0.25, 0.3) is 0 Å². The van der Waals surface area contributed by atoms with E-state index in [1.165, 1.54) is 37.4 Å². The van der Waals surface area contributed by atoms with Gasteiger partial charge in [0.2, 0.25) is 0 Å². The fraction of sp³-hybridized carbons (Fsp3) is 0.0667. The summed E-state index contributed by atoms with van der Waals surface area (Å²) in [6.45, 7) is 0. The second-order valence-electron chi connectivity index (χ2n) is 4.06. The zero-order valence-corrected chi connectivity index (χ0v) is 10.6. The molecule has 0 aliphatic rings. The molecule has 0 fully saturated rings. The van der Waals surface area contributed by atoms with Crippen molar-refractivity contribution in [2.75, 3.05) is 7.11 Å². The van der Waals surface area contributed by atoms with Gasteiger partial charge in [-0.3, -0.25) is 4.79 Å². The molecule has 0 spiro atoms. The maximum Gasteiger partial charge on any atom is 0.337 e. The zero-order chi connectivity index (χ0) is 14.7. The predicted molar refractivity (Wildman–Crippen MR) is 69.3 cm³/mol. The molecule has 20 heavy (non-hydrogen) atoms. The Bertz CT molecular complexity index is 662. The van der Waals surface area contributed by atoms with Crippen molar-refractivity contribution in [3.8, 4) is 5.75 Å². The molecule has 0 aromatic heterocycles. The monoisotopic (exact) mass is 274 g/mol. The summed E-state index contributed by atoms with van der Waals surface area (Å²) >= 11 is 0. The molecule has 0 unspecified atom stereocenters. The van der Waals surface area contributed by atoms with Crippen LogP contribution in [0, 0.1) is 5.82 Å². The highest BCUT2D eigenvalue weighted by molar-refractivity contribution is 6.09. The van der Waals surface area contributed by atoms with Crippen LogP contribution in [0.4, 0.5) is 4.39 Å². The van der Waals surface area contributed by atoms with E-state index in [9.17, 15) is 14.0 Å². The summed E-state index contributed by atoms with van der Waals surface area (Å²) in [5.41, 5.74) is 0.745. The van der Waals surface area contributed by atoms with Crippen molar-refractivity contribution in [1.29, 1.82) is 0 Å². The molecule has 0 saturated heterocycles. The van der Waals surface area contributed by atoms with E-state index in [1.54, 1.807) is 0 Å². The molecule has 0 amide bonds. The minimum Gasteiger partial charge on any atom is -0.505 e. The van der Waals surface area contributed by atoms with Gasteiger partial charge in [-0.2, -0.15) is 0 Å². The fourth-order valence-corrected chi connectivity index (χ4v) is 1.69. The first-order valence-corrected chi connectivity index (χ1v) is 5.74. The number of carbonyl (C=O) groups excluding carboxylic acids is 2. The number of benzene rings is 2. The zero-order valence-electron chi connectivity index (χ0n) is 10.6. The highest BCUT2D eigenvalue weighted by atomic mass is 19.1. The molecule has 2 rings (SSSR count). The summed E-state index contributed by atoms with van der Waals surface area (Å²) in [7, 11) is 1.26. The molecule has 2 aromatic rings. The lowest BCUT2D eigenvalue weighted by Gasteiger charge is -2.04. The van der Waals surface area contributed by atoms with Crippen molar-refractivity contribution in [2.24, 2.45) is 0 Å². The van der Waals surface area contributed by atoms with E-state index in [0.29, 0.717) is 11.1 Å². The summed E-state index contributed by atoms with van der Waals surface area (Å²) in [5.74, 6) is -2.27. The van der Waals surface area contributed by atoms with Crippen LogP contribution < -0.4 is 0 Å². The van der Waals surface area contributed by atoms with Crippen LogP contribution >= 0.6 is 0 Å². The molecule has 2 aromatic carbocycles. The van der Waals surface area contributed by atoms with Gasteiger partial charge < -0.3 is 9.84 Å². The topological polar surface area (TPSA) is 63.6 Å². The van der Waals surface area contributed by atoms with Crippen molar-refractivity contribution >= 4 is 11.8 Å². The van der Waals surface area contributed by atoms with Crippen LogP contribution in [-0.4, -0.2) is 24.0 Å². The van der Waals surface area contributed by atoms with Gasteiger partial charge in [-0.15, -0.1) is 0 Å². The lowest BCUT2D eigenvalue weighted by atomic mass is 10.0. The first-order chi connectivity index (χ1) is 9.52. The average molecular weight is 274 g/mol. The lowest BCUT2D eigenvalue weighted by Crippen LogP contribution is -2.04. The Balaban J connectivity index is 2.29. The Kier molecular flexibility index (Phi) is 3.79. The molecular weight excluding hydrogens is 263 g/mol. The van der Waals surface area contributed by atoms with Crippen LogP contribution in [0.1, 0.15) is 26.3 Å². The number of rotatable bonds is 3. The third-order valence-corrected chi connectivity index (χ3v) is 2.78. The van der Waals surface area contributed by atoms with Crippen LogP contribution in [0.25, 0.3) is 0 Å². The Morgan fingerprint density at radius 3 is 2.10 bits per heavy atom. The first kappa shape index (κ1) is 13.7. The predicted octanol–water partition coefficient (Wildman–Crippen LogP) is 2.55. The van der Waals surface area contributed by atoms with Crippen LogP contribution in [0.15, 0.2) is 42.5 Å². The Morgan fingerprint density at radius 1 is 1.00 bits per heavy atom. The number of hydrogen-bond donors (Lipinski definition) is 1. The van der Waals surface area contributed by atoms with Gasteiger partial charge in [0.1, 0.15) is 0 Å². The van der Waals surface area contributed by atoms with Gasteiger partial charge in [-0.1, -0.05) is 12.1 Å². The van der Waals surface area contributed by atoms with Crippen LogP contribution in [0.5, 0.6) is 5.75 Å². The molecule has 0 bridgehead atoms. The van der Waals surface area contributed by atoms with E-state index in [1.807, 2.05) is 0 Å². The second-order valence-corrected chi connectivity index (χ2v) is 4.06. The van der Waals surface area contributed by atoms with E-state index < -0.39 is 23.3 Å². The molecule has 0 saturated carbocycles. The number of ether oxygens (including phenoxy) is 1. The number of phenols is 1. The lowest BCUT2D eigenvalue weighted by molar-refractivity contribution is 0.0600. The molecule has 102 valence electrons. The van der Waals surface area contributed by atoms with Gasteiger partial charge in [0.05, 0.1) is 12.7 Å². The Labute approximate surface area is 114 Å². The van der Waals surface area contributed by atoms with Crippen LogP contribution in [-0.2, 0) is 4.74 Å². The number of aromatic hydroxyl groups is 1. The van der Waals surface area contributed by atoms with Crippen molar-refractivity contribution in [1.82, 2.24) is 0 Å². The molecule has 5 heteroatoms. The van der Waals surface area contributed by atoms with Crippen LogP contribution in [0.2, 0.25) is 0 Å². The molecule has 0 radical (unpaired) electrons. The molecule has 0 aliphatic heterocycles. The number of halogens is 1. The molecule has 0 aliphatic carbocycles. The molecule has 0 atom stereocenters. The first-order valence-electron chi connectivity index (χ1n) is 5.74.